The summed E-state index contributed by atoms with van der Waals surface area (Å²) in [6.07, 6.45) is 4.87. The zero-order valence-electron chi connectivity index (χ0n) is 14.1. The highest BCUT2D eigenvalue weighted by Crippen LogP contribution is 2.38. The van der Waals surface area contributed by atoms with Crippen LogP contribution < -0.4 is 10.2 Å². The molecular weight excluding hydrogens is 378 g/mol. The van der Waals surface area contributed by atoms with Crippen LogP contribution >= 0.6 is 23.2 Å². The van der Waals surface area contributed by atoms with Gasteiger partial charge in [0.15, 0.2) is 6.19 Å². The molecule has 1 amide bonds. The number of anilines is 1. The first-order chi connectivity index (χ1) is 12.4. The predicted molar refractivity (Wildman–Crippen MR) is 97.9 cm³/mol. The van der Waals surface area contributed by atoms with E-state index in [1.807, 2.05) is 0 Å². The molecule has 1 aromatic rings. The molecule has 8 heteroatoms. The number of carbonyl (C=O) groups is 1. The Balaban J connectivity index is 1.43. The summed E-state index contributed by atoms with van der Waals surface area (Å²) >= 11 is 12.0. The number of hydrogen-bond acceptors (Lipinski definition) is 4. The molecule has 3 aliphatic heterocycles. The monoisotopic (exact) mass is 396 g/mol. The molecule has 1 aromatic carbocycles. The third-order valence-corrected chi connectivity index (χ3v) is 6.24. The topological polar surface area (TPSA) is 59.4 Å². The number of rotatable bonds is 3. The van der Waals surface area contributed by atoms with Crippen LogP contribution in [0, 0.1) is 11.5 Å². The van der Waals surface area contributed by atoms with Gasteiger partial charge in [0, 0.05) is 34.7 Å². The van der Waals surface area contributed by atoms with E-state index in [0.717, 1.165) is 12.8 Å². The van der Waals surface area contributed by atoms with Crippen LogP contribution in [0.3, 0.4) is 0 Å². The molecule has 0 aliphatic carbocycles. The number of amides is 1. The Kier molecular flexibility index (Phi) is 4.40. The lowest BCUT2D eigenvalue weighted by Gasteiger charge is -2.27. The van der Waals surface area contributed by atoms with E-state index in [0.29, 0.717) is 28.7 Å². The standard InChI is InChI=1S/C18H19Cl2FN4O/c19-11-5-12(20)7-14(6-11)24-4-3-18(21,9-24)17(26)23-15-8-13-1-2-16(15)25(13)10-22/h5-7,13,15-16H,1-4,8-9H2,(H,23,26)/t13-,15+,16+,18-/m0/s1. The van der Waals surface area contributed by atoms with Crippen molar-refractivity contribution in [1.82, 2.24) is 10.2 Å². The number of hydrogen-bond donors (Lipinski definition) is 1. The Labute approximate surface area is 161 Å². The average molecular weight is 397 g/mol. The highest BCUT2D eigenvalue weighted by atomic mass is 35.5. The summed E-state index contributed by atoms with van der Waals surface area (Å²) < 4.78 is 15.3. The molecule has 3 aliphatic rings. The zero-order chi connectivity index (χ0) is 18.5. The summed E-state index contributed by atoms with van der Waals surface area (Å²) in [6, 6.07) is 5.09. The van der Waals surface area contributed by atoms with Crippen LogP contribution in [0.2, 0.25) is 10.0 Å². The van der Waals surface area contributed by atoms with Crippen molar-refractivity contribution in [2.75, 3.05) is 18.0 Å². The van der Waals surface area contributed by atoms with E-state index >= 15 is 4.39 Å². The van der Waals surface area contributed by atoms with E-state index in [1.54, 1.807) is 28.0 Å². The van der Waals surface area contributed by atoms with Crippen molar-refractivity contribution in [3.8, 4) is 6.19 Å². The van der Waals surface area contributed by atoms with Crippen LogP contribution in [0.25, 0.3) is 0 Å². The Hall–Kier alpha value is -1.71. The van der Waals surface area contributed by atoms with Crippen molar-refractivity contribution in [2.24, 2.45) is 0 Å². The van der Waals surface area contributed by atoms with Gasteiger partial charge in [0.05, 0.1) is 18.6 Å². The molecule has 4 atom stereocenters. The number of halogens is 3. The highest BCUT2D eigenvalue weighted by Gasteiger charge is 2.50. The van der Waals surface area contributed by atoms with Gasteiger partial charge in [0.25, 0.3) is 5.91 Å². The minimum Gasteiger partial charge on any atom is -0.368 e. The number of nitrogens with one attached hydrogen (secondary N) is 1. The van der Waals surface area contributed by atoms with Crippen molar-refractivity contribution < 1.29 is 9.18 Å². The zero-order valence-corrected chi connectivity index (χ0v) is 15.6. The van der Waals surface area contributed by atoms with E-state index in [1.165, 1.54) is 0 Å². The van der Waals surface area contributed by atoms with Gasteiger partial charge in [0.2, 0.25) is 5.67 Å². The number of alkyl halides is 1. The maximum atomic E-state index is 15.3. The lowest BCUT2D eigenvalue weighted by Crippen LogP contribution is -2.52. The van der Waals surface area contributed by atoms with E-state index in [4.69, 9.17) is 23.2 Å². The molecule has 26 heavy (non-hydrogen) atoms. The molecule has 0 unspecified atom stereocenters. The number of benzene rings is 1. The van der Waals surface area contributed by atoms with Crippen molar-refractivity contribution in [3.05, 3.63) is 28.2 Å². The van der Waals surface area contributed by atoms with Crippen molar-refractivity contribution in [2.45, 2.75) is 49.5 Å². The van der Waals surface area contributed by atoms with Gasteiger partial charge in [0.1, 0.15) is 0 Å². The molecule has 3 heterocycles. The number of nitrogens with zero attached hydrogens (tertiary/aromatic N) is 3. The van der Waals surface area contributed by atoms with Gasteiger partial charge in [-0.1, -0.05) is 23.2 Å². The highest BCUT2D eigenvalue weighted by molar-refractivity contribution is 6.35. The molecule has 0 saturated carbocycles. The molecule has 3 fully saturated rings. The minimum atomic E-state index is -1.95. The van der Waals surface area contributed by atoms with Crippen LogP contribution in [0.15, 0.2) is 18.2 Å². The van der Waals surface area contributed by atoms with E-state index in [-0.39, 0.29) is 31.1 Å². The molecule has 0 aromatic heterocycles. The summed E-state index contributed by atoms with van der Waals surface area (Å²) in [4.78, 5) is 16.2. The molecular formula is C18H19Cl2FN4O. The maximum Gasteiger partial charge on any atom is 0.259 e. The second-order valence-corrected chi connectivity index (χ2v) is 8.26. The summed E-state index contributed by atoms with van der Waals surface area (Å²) in [5, 5.41) is 13.1. The summed E-state index contributed by atoms with van der Waals surface area (Å²) in [6.45, 7) is 0.389. The lowest BCUT2D eigenvalue weighted by atomic mass is 9.94. The summed E-state index contributed by atoms with van der Waals surface area (Å²) in [5.74, 6) is -0.580. The first kappa shape index (κ1) is 17.7. The van der Waals surface area contributed by atoms with Gasteiger partial charge in [-0.2, -0.15) is 5.26 Å². The smallest absolute Gasteiger partial charge is 0.259 e. The van der Waals surface area contributed by atoms with Crippen molar-refractivity contribution >= 4 is 34.8 Å². The molecule has 1 N–H and O–H groups in total. The normalized spacial score (nSPS) is 32.8. The van der Waals surface area contributed by atoms with Gasteiger partial charge in [-0.15, -0.1) is 0 Å². The third kappa shape index (κ3) is 2.97. The van der Waals surface area contributed by atoms with E-state index < -0.39 is 11.6 Å². The molecule has 3 saturated heterocycles. The van der Waals surface area contributed by atoms with Gasteiger partial charge in [-0.05, 0) is 37.5 Å². The van der Waals surface area contributed by atoms with Crippen LogP contribution in [-0.2, 0) is 4.79 Å². The molecule has 138 valence electrons. The fourth-order valence-corrected chi connectivity index (χ4v) is 5.01. The van der Waals surface area contributed by atoms with Crippen molar-refractivity contribution in [3.63, 3.8) is 0 Å². The lowest BCUT2D eigenvalue weighted by molar-refractivity contribution is -0.132. The summed E-state index contributed by atoms with van der Waals surface area (Å²) in [5.41, 5.74) is -1.24. The molecule has 0 spiro atoms. The average Bonchev–Trinajstić information content (AvgIpc) is 3.26. The number of nitriles is 1. The van der Waals surface area contributed by atoms with Gasteiger partial charge < -0.3 is 15.1 Å². The number of fused-ring (bicyclic) bond motifs is 2. The van der Waals surface area contributed by atoms with Gasteiger partial charge in [-0.25, -0.2) is 4.39 Å². The fourth-order valence-electron chi connectivity index (χ4n) is 4.50. The first-order valence-electron chi connectivity index (χ1n) is 8.78. The Morgan fingerprint density at radius 3 is 2.69 bits per heavy atom. The molecule has 4 rings (SSSR count). The maximum absolute atomic E-state index is 15.3. The summed E-state index contributed by atoms with van der Waals surface area (Å²) in [7, 11) is 0. The second-order valence-electron chi connectivity index (χ2n) is 7.39. The molecule has 5 nitrogen and oxygen atoms in total. The Bertz CT molecular complexity index is 765. The van der Waals surface area contributed by atoms with Gasteiger partial charge in [-0.3, -0.25) is 4.79 Å². The van der Waals surface area contributed by atoms with Crippen LogP contribution in [-0.4, -0.2) is 47.7 Å². The first-order valence-corrected chi connectivity index (χ1v) is 9.54. The Morgan fingerprint density at radius 1 is 1.31 bits per heavy atom. The SMILES string of the molecule is N#CN1[C@H]2CC[C@@H]1[C@H](NC(=O)[C@]1(F)CCN(c3cc(Cl)cc(Cl)c3)C1)C2. The van der Waals surface area contributed by atoms with Crippen LogP contribution in [0.5, 0.6) is 0 Å². The van der Waals surface area contributed by atoms with Crippen LogP contribution in [0.4, 0.5) is 10.1 Å². The molecule has 2 bridgehead atoms. The Morgan fingerprint density at radius 2 is 2.04 bits per heavy atom. The molecule has 0 radical (unpaired) electrons. The minimum absolute atomic E-state index is 0.00166. The largest absolute Gasteiger partial charge is 0.368 e. The van der Waals surface area contributed by atoms with E-state index in [9.17, 15) is 10.1 Å². The van der Waals surface area contributed by atoms with E-state index in [2.05, 4.69) is 11.5 Å². The van der Waals surface area contributed by atoms with Crippen molar-refractivity contribution in [1.29, 1.82) is 5.26 Å². The van der Waals surface area contributed by atoms with Crippen LogP contribution in [0.1, 0.15) is 25.7 Å². The number of carbonyl (C=O) groups excluding carboxylic acids is 1. The predicted octanol–water partition coefficient (Wildman–Crippen LogP) is 3.11. The quantitative estimate of drug-likeness (QED) is 0.797. The second kappa shape index (κ2) is 6.47. The third-order valence-electron chi connectivity index (χ3n) is 5.81. The fraction of sp³-hybridized carbons (Fsp3) is 0.556. The van der Waals surface area contributed by atoms with Gasteiger partial charge >= 0.3 is 0 Å².